The van der Waals surface area contributed by atoms with Crippen LogP contribution >= 0.6 is 11.6 Å². The van der Waals surface area contributed by atoms with Gasteiger partial charge in [0.2, 0.25) is 5.76 Å². The standard InChI is InChI=1S/C14H14ClNO4/c1-3-16-13(17)8(2)19-14(18)12-7-9-6-10(15)4-5-11(9)20-12/h4-8H,3H2,1-2H3,(H,16,17)/t8-/m0/s1. The van der Waals surface area contributed by atoms with Crippen molar-refractivity contribution >= 4 is 34.4 Å². The van der Waals surface area contributed by atoms with E-state index in [1.807, 2.05) is 0 Å². The Balaban J connectivity index is 2.13. The number of amides is 1. The average Bonchev–Trinajstić information content (AvgIpc) is 2.81. The smallest absolute Gasteiger partial charge is 0.375 e. The molecule has 0 fully saturated rings. The molecule has 1 amide bonds. The van der Waals surface area contributed by atoms with E-state index >= 15 is 0 Å². The number of esters is 1. The molecule has 1 atom stereocenters. The van der Waals surface area contributed by atoms with Crippen molar-refractivity contribution in [2.24, 2.45) is 0 Å². The lowest BCUT2D eigenvalue weighted by molar-refractivity contribution is -0.129. The van der Waals surface area contributed by atoms with E-state index in [4.69, 9.17) is 20.8 Å². The van der Waals surface area contributed by atoms with E-state index in [1.54, 1.807) is 25.1 Å². The fourth-order valence-electron chi connectivity index (χ4n) is 1.70. The minimum atomic E-state index is -0.876. The van der Waals surface area contributed by atoms with Crippen molar-refractivity contribution in [1.29, 1.82) is 0 Å². The normalized spacial score (nSPS) is 12.2. The first-order chi connectivity index (χ1) is 9.51. The molecule has 20 heavy (non-hydrogen) atoms. The van der Waals surface area contributed by atoms with Gasteiger partial charge in [0.1, 0.15) is 5.58 Å². The minimum Gasteiger partial charge on any atom is -0.449 e. The van der Waals surface area contributed by atoms with Crippen LogP contribution in [0.25, 0.3) is 11.0 Å². The first-order valence-corrected chi connectivity index (χ1v) is 6.57. The van der Waals surface area contributed by atoms with Crippen LogP contribution in [-0.2, 0) is 9.53 Å². The lowest BCUT2D eigenvalue weighted by atomic mass is 10.2. The number of carbonyl (C=O) groups excluding carboxylic acids is 2. The number of fused-ring (bicyclic) bond motifs is 1. The van der Waals surface area contributed by atoms with E-state index in [2.05, 4.69) is 5.32 Å². The van der Waals surface area contributed by atoms with Crippen LogP contribution in [0.5, 0.6) is 0 Å². The number of ether oxygens (including phenoxy) is 1. The van der Waals surface area contributed by atoms with E-state index in [0.717, 1.165) is 0 Å². The zero-order valence-corrected chi connectivity index (χ0v) is 11.9. The van der Waals surface area contributed by atoms with Gasteiger partial charge < -0.3 is 14.5 Å². The molecular weight excluding hydrogens is 282 g/mol. The highest BCUT2D eigenvalue weighted by atomic mass is 35.5. The van der Waals surface area contributed by atoms with E-state index < -0.39 is 12.1 Å². The predicted octanol–water partition coefficient (Wildman–Crippen LogP) is 2.77. The second-order valence-electron chi connectivity index (χ2n) is 4.23. The van der Waals surface area contributed by atoms with E-state index in [-0.39, 0.29) is 11.7 Å². The SMILES string of the molecule is CCNC(=O)[C@H](C)OC(=O)c1cc2cc(Cl)ccc2o1. The Hall–Kier alpha value is -2.01. The maximum Gasteiger partial charge on any atom is 0.375 e. The van der Waals surface area contributed by atoms with Gasteiger partial charge >= 0.3 is 5.97 Å². The molecule has 0 aliphatic heterocycles. The van der Waals surface area contributed by atoms with Crippen LogP contribution in [0, 0.1) is 0 Å². The fourth-order valence-corrected chi connectivity index (χ4v) is 1.89. The van der Waals surface area contributed by atoms with Gasteiger partial charge in [-0.15, -0.1) is 0 Å². The monoisotopic (exact) mass is 295 g/mol. The van der Waals surface area contributed by atoms with Gasteiger partial charge in [-0.2, -0.15) is 0 Å². The third kappa shape index (κ3) is 3.11. The van der Waals surface area contributed by atoms with Gasteiger partial charge in [0.05, 0.1) is 0 Å². The van der Waals surface area contributed by atoms with Crippen molar-refractivity contribution in [3.05, 3.63) is 35.0 Å². The molecule has 0 radical (unpaired) electrons. The molecule has 0 aliphatic carbocycles. The van der Waals surface area contributed by atoms with Crippen LogP contribution in [0.2, 0.25) is 5.02 Å². The molecule has 2 rings (SSSR count). The molecule has 5 nitrogen and oxygen atoms in total. The number of benzene rings is 1. The van der Waals surface area contributed by atoms with Crippen LogP contribution in [0.15, 0.2) is 28.7 Å². The van der Waals surface area contributed by atoms with Crippen LogP contribution in [0.1, 0.15) is 24.4 Å². The Morgan fingerprint density at radius 3 is 2.85 bits per heavy atom. The summed E-state index contributed by atoms with van der Waals surface area (Å²) in [5.41, 5.74) is 0.534. The largest absolute Gasteiger partial charge is 0.449 e. The molecule has 0 unspecified atom stereocenters. The molecule has 0 saturated carbocycles. The van der Waals surface area contributed by atoms with E-state index in [9.17, 15) is 9.59 Å². The summed E-state index contributed by atoms with van der Waals surface area (Å²) < 4.78 is 10.4. The van der Waals surface area contributed by atoms with Gasteiger partial charge in [0, 0.05) is 17.0 Å². The van der Waals surface area contributed by atoms with Gasteiger partial charge in [-0.3, -0.25) is 4.79 Å². The van der Waals surface area contributed by atoms with Gasteiger partial charge in [-0.1, -0.05) is 11.6 Å². The highest BCUT2D eigenvalue weighted by Gasteiger charge is 2.21. The van der Waals surface area contributed by atoms with Crippen molar-refractivity contribution in [1.82, 2.24) is 5.32 Å². The third-order valence-electron chi connectivity index (χ3n) is 2.68. The Bertz CT molecular complexity index is 650. The molecule has 0 spiro atoms. The molecule has 1 heterocycles. The number of carbonyl (C=O) groups is 2. The minimum absolute atomic E-state index is 0.0402. The fraction of sp³-hybridized carbons (Fsp3) is 0.286. The second kappa shape index (κ2) is 5.96. The summed E-state index contributed by atoms with van der Waals surface area (Å²) in [5, 5.41) is 3.83. The summed E-state index contributed by atoms with van der Waals surface area (Å²) in [5.74, 6) is -0.991. The van der Waals surface area contributed by atoms with Crippen molar-refractivity contribution in [3.8, 4) is 0 Å². The number of hydrogen-bond donors (Lipinski definition) is 1. The number of halogens is 1. The van der Waals surface area contributed by atoms with E-state index in [0.29, 0.717) is 22.5 Å². The zero-order chi connectivity index (χ0) is 14.7. The third-order valence-corrected chi connectivity index (χ3v) is 2.92. The molecule has 106 valence electrons. The van der Waals surface area contributed by atoms with Gasteiger partial charge in [0.25, 0.3) is 5.91 Å². The van der Waals surface area contributed by atoms with Crippen molar-refractivity contribution < 1.29 is 18.7 Å². The second-order valence-corrected chi connectivity index (χ2v) is 4.67. The number of hydrogen-bond acceptors (Lipinski definition) is 4. The summed E-state index contributed by atoms with van der Waals surface area (Å²) in [6, 6.07) is 6.56. The van der Waals surface area contributed by atoms with Crippen LogP contribution in [0.3, 0.4) is 0 Å². The summed E-state index contributed by atoms with van der Waals surface area (Å²) in [7, 11) is 0. The lowest BCUT2D eigenvalue weighted by Crippen LogP contribution is -2.35. The number of furan rings is 1. The average molecular weight is 296 g/mol. The molecule has 0 aliphatic rings. The highest BCUT2D eigenvalue weighted by Crippen LogP contribution is 2.23. The summed E-state index contributed by atoms with van der Waals surface area (Å²) in [4.78, 5) is 23.4. The van der Waals surface area contributed by atoms with E-state index in [1.165, 1.54) is 13.0 Å². The molecule has 2 aromatic rings. The van der Waals surface area contributed by atoms with Crippen LogP contribution in [0.4, 0.5) is 0 Å². The Kier molecular flexibility index (Phi) is 4.29. The summed E-state index contributed by atoms with van der Waals surface area (Å²) in [6.45, 7) is 3.77. The van der Waals surface area contributed by atoms with Crippen LogP contribution in [-0.4, -0.2) is 24.5 Å². The quantitative estimate of drug-likeness (QED) is 0.881. The topological polar surface area (TPSA) is 68.5 Å². The van der Waals surface area contributed by atoms with Gasteiger partial charge in [-0.05, 0) is 38.1 Å². The van der Waals surface area contributed by atoms with Gasteiger partial charge in [0.15, 0.2) is 6.10 Å². The first kappa shape index (κ1) is 14.4. The first-order valence-electron chi connectivity index (χ1n) is 6.19. The predicted molar refractivity (Wildman–Crippen MR) is 74.8 cm³/mol. The molecule has 1 aromatic carbocycles. The van der Waals surface area contributed by atoms with Crippen molar-refractivity contribution in [3.63, 3.8) is 0 Å². The highest BCUT2D eigenvalue weighted by molar-refractivity contribution is 6.31. The lowest BCUT2D eigenvalue weighted by Gasteiger charge is -2.11. The zero-order valence-electron chi connectivity index (χ0n) is 11.1. The summed E-state index contributed by atoms with van der Waals surface area (Å²) >= 11 is 5.86. The molecule has 0 bridgehead atoms. The Labute approximate surface area is 120 Å². The van der Waals surface area contributed by atoms with Crippen LogP contribution < -0.4 is 5.32 Å². The Morgan fingerprint density at radius 2 is 2.15 bits per heavy atom. The molecular formula is C14H14ClNO4. The Morgan fingerprint density at radius 1 is 1.40 bits per heavy atom. The van der Waals surface area contributed by atoms with Crippen molar-refractivity contribution in [2.75, 3.05) is 6.54 Å². The number of nitrogens with one attached hydrogen (secondary N) is 1. The maximum absolute atomic E-state index is 11.9. The number of likely N-dealkylation sites (N-methyl/N-ethyl adjacent to an activating group) is 1. The molecule has 1 N–H and O–H groups in total. The summed E-state index contributed by atoms with van der Waals surface area (Å²) in [6.07, 6.45) is -0.876. The number of rotatable bonds is 4. The van der Waals surface area contributed by atoms with Crippen molar-refractivity contribution in [2.45, 2.75) is 20.0 Å². The van der Waals surface area contributed by atoms with Gasteiger partial charge in [-0.25, -0.2) is 4.79 Å². The molecule has 1 aromatic heterocycles. The molecule has 0 saturated heterocycles. The maximum atomic E-state index is 11.9. The molecule has 6 heteroatoms.